The van der Waals surface area contributed by atoms with Crippen LogP contribution in [0.3, 0.4) is 0 Å². The molecule has 0 spiro atoms. The quantitative estimate of drug-likeness (QED) is 0.653. The summed E-state index contributed by atoms with van der Waals surface area (Å²) in [6.45, 7) is 0.123. The van der Waals surface area contributed by atoms with Gasteiger partial charge in [-0.05, 0) is 30.2 Å². The molecule has 0 radical (unpaired) electrons. The lowest BCUT2D eigenvalue weighted by molar-refractivity contribution is -0.120. The highest BCUT2D eigenvalue weighted by molar-refractivity contribution is 7.91. The molecule has 1 atom stereocenters. The maximum absolute atomic E-state index is 11.8. The first kappa shape index (κ1) is 14.4. The van der Waals surface area contributed by atoms with Gasteiger partial charge in [0.1, 0.15) is 4.21 Å². The molecule has 2 rings (SSSR count). The summed E-state index contributed by atoms with van der Waals surface area (Å²) >= 11 is 1.11. The van der Waals surface area contributed by atoms with Gasteiger partial charge in [0.25, 0.3) is 10.0 Å². The van der Waals surface area contributed by atoms with Gasteiger partial charge in [-0.2, -0.15) is 0 Å². The Morgan fingerprint density at radius 2 is 2.26 bits per heavy atom. The molecule has 6 nitrogen and oxygen atoms in total. The van der Waals surface area contributed by atoms with Crippen LogP contribution in [0, 0.1) is 5.92 Å². The fourth-order valence-electron chi connectivity index (χ4n) is 1.77. The summed E-state index contributed by atoms with van der Waals surface area (Å²) < 4.78 is 26.1. The molecule has 0 saturated heterocycles. The van der Waals surface area contributed by atoms with Crippen LogP contribution in [0.1, 0.15) is 12.8 Å². The molecule has 0 aromatic carbocycles. The largest absolute Gasteiger partial charge is 0.351 e. The molecule has 4 N–H and O–H groups in total. The van der Waals surface area contributed by atoms with E-state index in [-0.39, 0.29) is 22.7 Å². The zero-order chi connectivity index (χ0) is 13.9. The van der Waals surface area contributed by atoms with Gasteiger partial charge in [-0.15, -0.1) is 11.3 Å². The molecule has 1 saturated carbocycles. The van der Waals surface area contributed by atoms with E-state index in [9.17, 15) is 13.2 Å². The maximum atomic E-state index is 11.8. The van der Waals surface area contributed by atoms with Gasteiger partial charge in [0, 0.05) is 12.6 Å². The fourth-order valence-corrected chi connectivity index (χ4v) is 3.79. The van der Waals surface area contributed by atoms with Crippen LogP contribution in [-0.2, 0) is 14.8 Å². The molecular formula is C11H17N3O3S2. The van der Waals surface area contributed by atoms with Gasteiger partial charge in [-0.1, -0.05) is 6.07 Å². The Bertz CT molecular complexity index is 523. The maximum Gasteiger partial charge on any atom is 0.250 e. The predicted octanol–water partition coefficient (Wildman–Crippen LogP) is -0.120. The van der Waals surface area contributed by atoms with Crippen LogP contribution in [0.2, 0.25) is 0 Å². The summed E-state index contributed by atoms with van der Waals surface area (Å²) in [5.74, 6) is 0.102. The molecule has 1 fully saturated rings. The van der Waals surface area contributed by atoms with E-state index >= 15 is 0 Å². The molecular weight excluding hydrogens is 286 g/mol. The molecule has 1 amide bonds. The number of amides is 1. The number of sulfonamides is 1. The van der Waals surface area contributed by atoms with Crippen LogP contribution >= 0.6 is 11.3 Å². The van der Waals surface area contributed by atoms with Crippen molar-refractivity contribution in [3.8, 4) is 0 Å². The number of nitrogens with one attached hydrogen (secondary N) is 2. The number of thiophene rings is 1. The van der Waals surface area contributed by atoms with Gasteiger partial charge < -0.3 is 11.1 Å². The Morgan fingerprint density at radius 1 is 1.53 bits per heavy atom. The SMILES string of the molecule is NCC(NC(=O)CNS(=O)(=O)c1cccs1)C1CC1. The zero-order valence-corrected chi connectivity index (χ0v) is 12.0. The lowest BCUT2D eigenvalue weighted by Gasteiger charge is -2.16. The Kier molecular flexibility index (Phi) is 4.56. The minimum absolute atomic E-state index is 0.0428. The lowest BCUT2D eigenvalue weighted by Crippen LogP contribution is -2.46. The van der Waals surface area contributed by atoms with Crippen LogP contribution in [0.15, 0.2) is 21.7 Å². The molecule has 1 aromatic heterocycles. The predicted molar refractivity (Wildman–Crippen MR) is 73.2 cm³/mol. The van der Waals surface area contributed by atoms with E-state index in [0.29, 0.717) is 12.5 Å². The first-order valence-corrected chi connectivity index (χ1v) is 8.42. The van der Waals surface area contributed by atoms with Crippen LogP contribution in [0.4, 0.5) is 0 Å². The Morgan fingerprint density at radius 3 is 2.79 bits per heavy atom. The topological polar surface area (TPSA) is 101 Å². The van der Waals surface area contributed by atoms with Gasteiger partial charge in [0.2, 0.25) is 5.91 Å². The van der Waals surface area contributed by atoms with Crippen molar-refractivity contribution in [1.29, 1.82) is 0 Å². The number of hydrogen-bond acceptors (Lipinski definition) is 5. The second kappa shape index (κ2) is 6.00. The number of carbonyl (C=O) groups is 1. The summed E-state index contributed by atoms with van der Waals surface area (Å²) in [6, 6.07) is 3.10. The second-order valence-electron chi connectivity index (χ2n) is 4.50. The van der Waals surface area contributed by atoms with Gasteiger partial charge in [0.15, 0.2) is 0 Å². The normalized spacial score (nSPS) is 17.1. The van der Waals surface area contributed by atoms with Gasteiger partial charge in [-0.3, -0.25) is 4.79 Å². The average molecular weight is 303 g/mol. The van der Waals surface area contributed by atoms with Crippen molar-refractivity contribution in [3.05, 3.63) is 17.5 Å². The lowest BCUT2D eigenvalue weighted by atomic mass is 10.2. The van der Waals surface area contributed by atoms with Crippen molar-refractivity contribution in [3.63, 3.8) is 0 Å². The Balaban J connectivity index is 1.83. The standard InChI is InChI=1S/C11H17N3O3S2/c12-6-9(8-3-4-8)14-10(15)7-13-19(16,17)11-2-1-5-18-11/h1-2,5,8-9,13H,3-4,6-7,12H2,(H,14,15). The van der Waals surface area contributed by atoms with Gasteiger partial charge in [-0.25, -0.2) is 13.1 Å². The summed E-state index contributed by atoms with van der Waals surface area (Å²) in [5.41, 5.74) is 5.57. The molecule has 106 valence electrons. The van der Waals surface area contributed by atoms with Crippen molar-refractivity contribution in [2.24, 2.45) is 11.7 Å². The smallest absolute Gasteiger partial charge is 0.250 e. The first-order valence-electron chi connectivity index (χ1n) is 6.05. The second-order valence-corrected chi connectivity index (χ2v) is 7.45. The third-order valence-electron chi connectivity index (χ3n) is 2.97. The van der Waals surface area contributed by atoms with Crippen molar-refractivity contribution in [2.45, 2.75) is 23.1 Å². The Hall–Kier alpha value is -0.960. The number of nitrogens with two attached hydrogens (primary N) is 1. The van der Waals surface area contributed by atoms with E-state index in [0.717, 1.165) is 24.2 Å². The molecule has 1 aliphatic carbocycles. The van der Waals surface area contributed by atoms with Crippen LogP contribution in [0.5, 0.6) is 0 Å². The number of rotatable bonds is 7. The van der Waals surface area contributed by atoms with Crippen molar-refractivity contribution >= 4 is 27.3 Å². The highest BCUT2D eigenvalue weighted by Gasteiger charge is 2.31. The summed E-state index contributed by atoms with van der Waals surface area (Å²) in [6.07, 6.45) is 2.14. The van der Waals surface area contributed by atoms with E-state index in [1.54, 1.807) is 11.4 Å². The minimum Gasteiger partial charge on any atom is -0.351 e. The molecule has 1 aliphatic rings. The van der Waals surface area contributed by atoms with Crippen LogP contribution < -0.4 is 15.8 Å². The molecule has 1 unspecified atom stereocenters. The van der Waals surface area contributed by atoms with Crippen LogP contribution in [0.25, 0.3) is 0 Å². The van der Waals surface area contributed by atoms with Crippen LogP contribution in [-0.4, -0.2) is 33.5 Å². The summed E-state index contributed by atoms with van der Waals surface area (Å²) in [5, 5.41) is 4.43. The van der Waals surface area contributed by atoms with E-state index in [2.05, 4.69) is 10.0 Å². The van der Waals surface area contributed by atoms with E-state index < -0.39 is 10.0 Å². The van der Waals surface area contributed by atoms with Crippen molar-refractivity contribution < 1.29 is 13.2 Å². The summed E-state index contributed by atoms with van der Waals surface area (Å²) in [4.78, 5) is 11.7. The van der Waals surface area contributed by atoms with E-state index in [4.69, 9.17) is 5.73 Å². The minimum atomic E-state index is -3.58. The fraction of sp³-hybridized carbons (Fsp3) is 0.545. The van der Waals surface area contributed by atoms with Crippen molar-refractivity contribution in [2.75, 3.05) is 13.1 Å². The van der Waals surface area contributed by atoms with E-state index in [1.807, 2.05) is 0 Å². The third-order valence-corrected chi connectivity index (χ3v) is 5.77. The highest BCUT2D eigenvalue weighted by atomic mass is 32.2. The summed E-state index contributed by atoms with van der Waals surface area (Å²) in [7, 11) is -3.58. The molecule has 1 aromatic rings. The molecule has 8 heteroatoms. The molecule has 1 heterocycles. The average Bonchev–Trinajstić information content (AvgIpc) is 3.06. The zero-order valence-electron chi connectivity index (χ0n) is 10.3. The number of carbonyl (C=O) groups excluding carboxylic acids is 1. The molecule has 0 aliphatic heterocycles. The first-order chi connectivity index (χ1) is 9.03. The highest BCUT2D eigenvalue weighted by Crippen LogP contribution is 2.32. The van der Waals surface area contributed by atoms with Gasteiger partial charge >= 0.3 is 0 Å². The third kappa shape index (κ3) is 4.00. The monoisotopic (exact) mass is 303 g/mol. The van der Waals surface area contributed by atoms with Crippen molar-refractivity contribution in [1.82, 2.24) is 10.0 Å². The Labute approximate surface area is 116 Å². The van der Waals surface area contributed by atoms with Gasteiger partial charge in [0.05, 0.1) is 6.54 Å². The molecule has 0 bridgehead atoms. The number of hydrogen-bond donors (Lipinski definition) is 3. The molecule has 19 heavy (non-hydrogen) atoms. The van der Waals surface area contributed by atoms with E-state index in [1.165, 1.54) is 6.07 Å².